The van der Waals surface area contributed by atoms with Gasteiger partial charge in [-0.25, -0.2) is 9.37 Å². The number of anilines is 2. The van der Waals surface area contributed by atoms with Crippen LogP contribution in [0.2, 0.25) is 0 Å². The molecule has 5 heteroatoms. The van der Waals surface area contributed by atoms with E-state index in [0.717, 1.165) is 43.1 Å². The number of hydrogen-bond acceptors (Lipinski definition) is 4. The van der Waals surface area contributed by atoms with Crippen molar-refractivity contribution in [2.24, 2.45) is 0 Å². The van der Waals surface area contributed by atoms with E-state index in [4.69, 9.17) is 0 Å². The third kappa shape index (κ3) is 4.66. The van der Waals surface area contributed by atoms with Crippen molar-refractivity contribution in [2.45, 2.75) is 39.0 Å². The molecule has 2 aromatic rings. The quantitative estimate of drug-likeness (QED) is 0.902. The smallest absolute Gasteiger partial charge is 0.224 e. The van der Waals surface area contributed by atoms with Crippen LogP contribution >= 0.6 is 0 Å². The molecular weight excluding hydrogens is 303 g/mol. The fourth-order valence-corrected chi connectivity index (χ4v) is 3.06. The summed E-state index contributed by atoms with van der Waals surface area (Å²) in [5.41, 5.74) is 2.08. The highest BCUT2D eigenvalue weighted by Gasteiger charge is 2.12. The largest absolute Gasteiger partial charge is 0.356 e. The minimum atomic E-state index is -0.198. The topological polar surface area (TPSA) is 41.1 Å². The summed E-state index contributed by atoms with van der Waals surface area (Å²) in [6.07, 6.45) is 5.90. The van der Waals surface area contributed by atoms with Crippen molar-refractivity contribution in [3.8, 4) is 0 Å². The molecule has 0 atom stereocenters. The normalized spacial score (nSPS) is 15.2. The van der Waals surface area contributed by atoms with Gasteiger partial charge in [0.1, 0.15) is 11.6 Å². The lowest BCUT2D eigenvalue weighted by Gasteiger charge is -2.22. The van der Waals surface area contributed by atoms with E-state index in [1.807, 2.05) is 19.1 Å². The van der Waals surface area contributed by atoms with Gasteiger partial charge in [0.25, 0.3) is 0 Å². The molecule has 0 aliphatic carbocycles. The minimum Gasteiger partial charge on any atom is -0.356 e. The molecule has 1 aromatic heterocycles. The van der Waals surface area contributed by atoms with Crippen LogP contribution in [0.15, 0.2) is 30.3 Å². The van der Waals surface area contributed by atoms with Gasteiger partial charge in [-0.05, 0) is 43.9 Å². The Balaban J connectivity index is 1.61. The van der Waals surface area contributed by atoms with Crippen LogP contribution in [-0.2, 0) is 6.42 Å². The lowest BCUT2D eigenvalue weighted by Crippen LogP contribution is -2.25. The standard InChI is InChI=1S/C19H25FN4/c1-15-14-18(24-12-4-2-3-5-13-24)23-19(22-15)21-11-10-16-6-8-17(20)9-7-16/h6-9,14H,2-5,10-13H2,1H3,(H,21,22,23). The first-order valence-corrected chi connectivity index (χ1v) is 8.80. The van der Waals surface area contributed by atoms with E-state index in [-0.39, 0.29) is 5.82 Å². The fourth-order valence-electron chi connectivity index (χ4n) is 3.06. The first-order valence-electron chi connectivity index (χ1n) is 8.80. The van der Waals surface area contributed by atoms with E-state index < -0.39 is 0 Å². The van der Waals surface area contributed by atoms with Crippen LogP contribution in [0.4, 0.5) is 16.2 Å². The van der Waals surface area contributed by atoms with E-state index in [2.05, 4.69) is 26.3 Å². The van der Waals surface area contributed by atoms with Crippen LogP contribution in [0, 0.1) is 12.7 Å². The van der Waals surface area contributed by atoms with Crippen molar-refractivity contribution in [2.75, 3.05) is 29.9 Å². The Morgan fingerprint density at radius 3 is 2.46 bits per heavy atom. The van der Waals surface area contributed by atoms with Gasteiger partial charge in [0.2, 0.25) is 5.95 Å². The summed E-state index contributed by atoms with van der Waals surface area (Å²) in [5, 5.41) is 3.30. The number of rotatable bonds is 5. The molecule has 0 amide bonds. The van der Waals surface area contributed by atoms with Crippen LogP contribution in [0.25, 0.3) is 0 Å². The van der Waals surface area contributed by atoms with Gasteiger partial charge in [0, 0.05) is 31.4 Å². The Labute approximate surface area is 143 Å². The Kier molecular flexibility index (Phi) is 5.62. The fraction of sp³-hybridized carbons (Fsp3) is 0.474. The Morgan fingerprint density at radius 1 is 1.04 bits per heavy atom. The average molecular weight is 328 g/mol. The number of halogens is 1. The SMILES string of the molecule is Cc1cc(N2CCCCCC2)nc(NCCc2ccc(F)cc2)n1. The molecule has 1 fully saturated rings. The second kappa shape index (κ2) is 8.08. The van der Waals surface area contributed by atoms with E-state index in [1.54, 1.807) is 0 Å². The average Bonchev–Trinajstić information content (AvgIpc) is 2.86. The van der Waals surface area contributed by atoms with Crippen LogP contribution in [0.1, 0.15) is 36.9 Å². The molecule has 24 heavy (non-hydrogen) atoms. The monoisotopic (exact) mass is 328 g/mol. The summed E-state index contributed by atoms with van der Waals surface area (Å²) >= 11 is 0. The second-order valence-corrected chi connectivity index (χ2v) is 6.40. The number of aryl methyl sites for hydroxylation is 1. The van der Waals surface area contributed by atoms with Crippen molar-refractivity contribution < 1.29 is 4.39 Å². The maximum absolute atomic E-state index is 12.9. The lowest BCUT2D eigenvalue weighted by molar-refractivity contribution is 0.627. The van der Waals surface area contributed by atoms with E-state index >= 15 is 0 Å². The first-order chi connectivity index (χ1) is 11.7. The van der Waals surface area contributed by atoms with Crippen LogP contribution in [-0.4, -0.2) is 29.6 Å². The van der Waals surface area contributed by atoms with E-state index in [9.17, 15) is 4.39 Å². The van der Waals surface area contributed by atoms with Gasteiger partial charge in [-0.3, -0.25) is 0 Å². The first kappa shape index (κ1) is 16.7. The minimum absolute atomic E-state index is 0.198. The molecule has 0 saturated carbocycles. The van der Waals surface area contributed by atoms with Crippen LogP contribution in [0.5, 0.6) is 0 Å². The summed E-state index contributed by atoms with van der Waals surface area (Å²) in [4.78, 5) is 11.5. The van der Waals surface area contributed by atoms with Crippen molar-refractivity contribution in [1.29, 1.82) is 0 Å². The number of nitrogens with zero attached hydrogens (tertiary/aromatic N) is 3. The number of benzene rings is 1. The maximum atomic E-state index is 12.9. The molecule has 1 aromatic carbocycles. The Morgan fingerprint density at radius 2 is 1.75 bits per heavy atom. The zero-order valence-electron chi connectivity index (χ0n) is 14.3. The highest BCUT2D eigenvalue weighted by atomic mass is 19.1. The molecular formula is C19H25FN4. The summed E-state index contributed by atoms with van der Waals surface area (Å²) in [5.74, 6) is 1.50. The van der Waals surface area contributed by atoms with Crippen molar-refractivity contribution in [3.05, 3.63) is 47.4 Å². The van der Waals surface area contributed by atoms with Crippen LogP contribution in [0.3, 0.4) is 0 Å². The molecule has 0 bridgehead atoms. The summed E-state index contributed by atoms with van der Waals surface area (Å²) in [7, 11) is 0. The zero-order chi connectivity index (χ0) is 16.8. The Bertz CT molecular complexity index is 649. The van der Waals surface area contributed by atoms with Crippen LogP contribution < -0.4 is 10.2 Å². The van der Waals surface area contributed by atoms with Gasteiger partial charge in [0.05, 0.1) is 0 Å². The number of hydrogen-bond donors (Lipinski definition) is 1. The summed E-state index contributed by atoms with van der Waals surface area (Å²) in [6.45, 7) is 4.89. The van der Waals surface area contributed by atoms with Gasteiger partial charge in [-0.2, -0.15) is 4.98 Å². The Hall–Kier alpha value is -2.17. The molecule has 0 radical (unpaired) electrons. The molecule has 1 aliphatic rings. The molecule has 2 heterocycles. The second-order valence-electron chi connectivity index (χ2n) is 6.40. The van der Waals surface area contributed by atoms with Gasteiger partial charge >= 0.3 is 0 Å². The van der Waals surface area contributed by atoms with Gasteiger partial charge in [-0.15, -0.1) is 0 Å². The third-order valence-corrected chi connectivity index (χ3v) is 4.38. The summed E-state index contributed by atoms with van der Waals surface area (Å²) < 4.78 is 12.9. The highest BCUT2D eigenvalue weighted by molar-refractivity contribution is 5.45. The molecule has 3 rings (SSSR count). The molecule has 0 spiro atoms. The van der Waals surface area contributed by atoms with E-state index in [0.29, 0.717) is 5.95 Å². The summed E-state index contributed by atoms with van der Waals surface area (Å²) in [6, 6.07) is 8.69. The zero-order valence-corrected chi connectivity index (χ0v) is 14.3. The highest BCUT2D eigenvalue weighted by Crippen LogP contribution is 2.19. The molecule has 4 nitrogen and oxygen atoms in total. The van der Waals surface area contributed by atoms with Gasteiger partial charge in [-0.1, -0.05) is 25.0 Å². The van der Waals surface area contributed by atoms with Gasteiger partial charge < -0.3 is 10.2 Å². The molecule has 1 saturated heterocycles. The molecule has 128 valence electrons. The molecule has 0 unspecified atom stereocenters. The van der Waals surface area contributed by atoms with Crippen molar-refractivity contribution >= 4 is 11.8 Å². The van der Waals surface area contributed by atoms with E-state index in [1.165, 1.54) is 37.8 Å². The molecule has 1 aliphatic heterocycles. The van der Waals surface area contributed by atoms with Gasteiger partial charge in [0.15, 0.2) is 0 Å². The van der Waals surface area contributed by atoms with Crippen molar-refractivity contribution in [3.63, 3.8) is 0 Å². The number of nitrogens with one attached hydrogen (secondary N) is 1. The maximum Gasteiger partial charge on any atom is 0.224 e. The predicted octanol–water partition coefficient (Wildman–Crippen LogP) is 3.96. The lowest BCUT2D eigenvalue weighted by atomic mass is 10.1. The van der Waals surface area contributed by atoms with Crippen molar-refractivity contribution in [1.82, 2.24) is 9.97 Å². The molecule has 1 N–H and O–H groups in total. The predicted molar refractivity (Wildman–Crippen MR) is 96.0 cm³/mol. The third-order valence-electron chi connectivity index (χ3n) is 4.38. The number of aromatic nitrogens is 2.